The molecular formula is C11H17N. The minimum atomic E-state index is 0.947. The van der Waals surface area contributed by atoms with Gasteiger partial charge >= 0.3 is 0 Å². The molecule has 0 spiro atoms. The maximum absolute atomic E-state index is 4.01. The summed E-state index contributed by atoms with van der Waals surface area (Å²) in [6.45, 7) is 10.3. The molecule has 0 atom stereocenters. The number of hydrogen-bond donors (Lipinski definition) is 1. The van der Waals surface area contributed by atoms with Gasteiger partial charge in [0.25, 0.3) is 0 Å². The largest absolute Gasteiger partial charge is 0.312 e. The highest BCUT2D eigenvalue weighted by Crippen LogP contribution is 2.15. The standard InChI is InChI=1S/C11H17N/c1-9(2)4-5-11-6-7-12-8-10(11)3/h4-5,12H,3,6-8H2,1-2H3/b11-5-. The van der Waals surface area contributed by atoms with Crippen LogP contribution in [0.4, 0.5) is 0 Å². The third-order valence-electron chi connectivity index (χ3n) is 1.98. The van der Waals surface area contributed by atoms with Gasteiger partial charge in [-0.3, -0.25) is 0 Å². The average molecular weight is 163 g/mol. The van der Waals surface area contributed by atoms with Gasteiger partial charge in [0.15, 0.2) is 0 Å². The molecule has 0 aromatic carbocycles. The van der Waals surface area contributed by atoms with E-state index in [9.17, 15) is 0 Å². The first-order chi connectivity index (χ1) is 5.70. The highest BCUT2D eigenvalue weighted by atomic mass is 14.9. The predicted octanol–water partition coefficient (Wildman–Crippen LogP) is 2.43. The van der Waals surface area contributed by atoms with E-state index in [4.69, 9.17) is 0 Å². The lowest BCUT2D eigenvalue weighted by molar-refractivity contribution is 0.684. The number of rotatable bonds is 1. The topological polar surface area (TPSA) is 12.0 Å². The Morgan fingerprint density at radius 3 is 2.83 bits per heavy atom. The first-order valence-electron chi connectivity index (χ1n) is 4.43. The Bertz CT molecular complexity index is 229. The quantitative estimate of drug-likeness (QED) is 0.626. The molecule has 1 heterocycles. The Balaban J connectivity index is 2.65. The molecule has 1 aliphatic heterocycles. The lowest BCUT2D eigenvalue weighted by Gasteiger charge is -2.17. The highest BCUT2D eigenvalue weighted by molar-refractivity contribution is 5.35. The van der Waals surface area contributed by atoms with E-state index in [1.54, 1.807) is 0 Å². The fourth-order valence-electron chi connectivity index (χ4n) is 1.22. The zero-order valence-corrected chi connectivity index (χ0v) is 7.98. The van der Waals surface area contributed by atoms with E-state index in [2.05, 4.69) is 37.9 Å². The van der Waals surface area contributed by atoms with E-state index in [1.165, 1.54) is 16.7 Å². The minimum Gasteiger partial charge on any atom is -0.312 e. The number of piperidine rings is 1. The van der Waals surface area contributed by atoms with Gasteiger partial charge < -0.3 is 5.32 Å². The monoisotopic (exact) mass is 163 g/mol. The summed E-state index contributed by atoms with van der Waals surface area (Å²) in [5, 5.41) is 3.29. The molecule has 1 aliphatic rings. The molecule has 1 heteroatoms. The van der Waals surface area contributed by atoms with Crippen molar-refractivity contribution < 1.29 is 0 Å². The van der Waals surface area contributed by atoms with Crippen molar-refractivity contribution in [3.63, 3.8) is 0 Å². The van der Waals surface area contributed by atoms with Crippen LogP contribution < -0.4 is 5.32 Å². The first kappa shape index (κ1) is 9.27. The fraction of sp³-hybridized carbons (Fsp3) is 0.455. The van der Waals surface area contributed by atoms with Crippen molar-refractivity contribution >= 4 is 0 Å². The summed E-state index contributed by atoms with van der Waals surface area (Å²) in [4.78, 5) is 0. The zero-order valence-electron chi connectivity index (χ0n) is 7.98. The first-order valence-corrected chi connectivity index (χ1v) is 4.43. The molecule has 0 aliphatic carbocycles. The smallest absolute Gasteiger partial charge is 0.0202 e. The second-order valence-corrected chi connectivity index (χ2v) is 3.47. The van der Waals surface area contributed by atoms with Gasteiger partial charge in [-0.15, -0.1) is 0 Å². The third-order valence-corrected chi connectivity index (χ3v) is 1.98. The van der Waals surface area contributed by atoms with Crippen molar-refractivity contribution in [2.75, 3.05) is 13.1 Å². The van der Waals surface area contributed by atoms with Crippen LogP contribution in [0.2, 0.25) is 0 Å². The van der Waals surface area contributed by atoms with Crippen molar-refractivity contribution in [3.8, 4) is 0 Å². The van der Waals surface area contributed by atoms with Gasteiger partial charge in [0.1, 0.15) is 0 Å². The predicted molar refractivity (Wildman–Crippen MR) is 54.1 cm³/mol. The van der Waals surface area contributed by atoms with Crippen LogP contribution in [0.3, 0.4) is 0 Å². The second kappa shape index (κ2) is 4.27. The molecule has 66 valence electrons. The molecule has 12 heavy (non-hydrogen) atoms. The molecule has 1 N–H and O–H groups in total. The van der Waals surface area contributed by atoms with Crippen LogP contribution in [-0.2, 0) is 0 Å². The molecule has 0 aromatic rings. The average Bonchev–Trinajstić information content (AvgIpc) is 2.03. The third kappa shape index (κ3) is 2.67. The minimum absolute atomic E-state index is 0.947. The van der Waals surface area contributed by atoms with E-state index in [0.29, 0.717) is 0 Å². The molecule has 1 fully saturated rings. The molecule has 0 bridgehead atoms. The second-order valence-electron chi connectivity index (χ2n) is 3.47. The van der Waals surface area contributed by atoms with Gasteiger partial charge in [-0.05, 0) is 38.0 Å². The molecular weight excluding hydrogens is 146 g/mol. The Hall–Kier alpha value is -0.820. The Morgan fingerprint density at radius 2 is 2.25 bits per heavy atom. The van der Waals surface area contributed by atoms with Crippen LogP contribution in [0.15, 0.2) is 35.5 Å². The summed E-state index contributed by atoms with van der Waals surface area (Å²) in [6, 6.07) is 0. The van der Waals surface area contributed by atoms with E-state index >= 15 is 0 Å². The van der Waals surface area contributed by atoms with E-state index in [0.717, 1.165) is 19.5 Å². The molecule has 0 unspecified atom stereocenters. The van der Waals surface area contributed by atoms with Gasteiger partial charge in [0.2, 0.25) is 0 Å². The normalized spacial score (nSPS) is 21.2. The Kier molecular flexibility index (Phi) is 3.30. The van der Waals surface area contributed by atoms with Gasteiger partial charge in [-0.1, -0.05) is 24.3 Å². The summed E-state index contributed by atoms with van der Waals surface area (Å²) < 4.78 is 0. The summed E-state index contributed by atoms with van der Waals surface area (Å²) in [5.74, 6) is 0. The van der Waals surface area contributed by atoms with Gasteiger partial charge in [-0.2, -0.15) is 0 Å². The van der Waals surface area contributed by atoms with Gasteiger partial charge in [0.05, 0.1) is 0 Å². The summed E-state index contributed by atoms with van der Waals surface area (Å²) >= 11 is 0. The Morgan fingerprint density at radius 1 is 1.50 bits per heavy atom. The van der Waals surface area contributed by atoms with E-state index < -0.39 is 0 Å². The van der Waals surface area contributed by atoms with Crippen molar-refractivity contribution in [1.82, 2.24) is 5.32 Å². The molecule has 0 radical (unpaired) electrons. The molecule has 1 saturated heterocycles. The lowest BCUT2D eigenvalue weighted by atomic mass is 10.00. The van der Waals surface area contributed by atoms with Crippen LogP contribution in [0, 0.1) is 0 Å². The van der Waals surface area contributed by atoms with Crippen LogP contribution in [0.25, 0.3) is 0 Å². The molecule has 1 rings (SSSR count). The zero-order chi connectivity index (χ0) is 8.97. The Labute approximate surface area is 74.9 Å². The number of allylic oxidation sites excluding steroid dienone is 3. The van der Waals surface area contributed by atoms with Crippen LogP contribution in [0.5, 0.6) is 0 Å². The van der Waals surface area contributed by atoms with Crippen molar-refractivity contribution in [3.05, 3.63) is 35.5 Å². The van der Waals surface area contributed by atoms with Crippen molar-refractivity contribution in [1.29, 1.82) is 0 Å². The highest BCUT2D eigenvalue weighted by Gasteiger charge is 2.06. The van der Waals surface area contributed by atoms with Crippen molar-refractivity contribution in [2.24, 2.45) is 0 Å². The van der Waals surface area contributed by atoms with Crippen LogP contribution >= 0.6 is 0 Å². The van der Waals surface area contributed by atoms with Gasteiger partial charge in [0, 0.05) is 6.54 Å². The van der Waals surface area contributed by atoms with Crippen LogP contribution in [0.1, 0.15) is 20.3 Å². The van der Waals surface area contributed by atoms with E-state index in [-0.39, 0.29) is 0 Å². The fourth-order valence-corrected chi connectivity index (χ4v) is 1.22. The maximum Gasteiger partial charge on any atom is 0.0202 e. The number of hydrogen-bond acceptors (Lipinski definition) is 1. The molecule has 0 saturated carbocycles. The molecule has 1 nitrogen and oxygen atoms in total. The van der Waals surface area contributed by atoms with E-state index in [1.807, 2.05) is 0 Å². The SMILES string of the molecule is C=C1CNCC/C1=C/C=C(C)C. The summed E-state index contributed by atoms with van der Waals surface area (Å²) in [5.41, 5.74) is 3.97. The number of nitrogens with one attached hydrogen (secondary N) is 1. The lowest BCUT2D eigenvalue weighted by Crippen LogP contribution is -2.24. The molecule has 0 aromatic heterocycles. The summed E-state index contributed by atoms with van der Waals surface area (Å²) in [7, 11) is 0. The molecule has 0 amide bonds. The van der Waals surface area contributed by atoms with Crippen molar-refractivity contribution in [2.45, 2.75) is 20.3 Å². The van der Waals surface area contributed by atoms with Crippen LogP contribution in [-0.4, -0.2) is 13.1 Å². The van der Waals surface area contributed by atoms with Gasteiger partial charge in [-0.25, -0.2) is 0 Å². The maximum atomic E-state index is 4.01. The summed E-state index contributed by atoms with van der Waals surface area (Å²) in [6.07, 6.45) is 5.47.